The molecule has 0 saturated carbocycles. The second kappa shape index (κ2) is 5.70. The second-order valence-corrected chi connectivity index (χ2v) is 6.16. The van der Waals surface area contributed by atoms with Gasteiger partial charge in [0, 0.05) is 30.3 Å². The van der Waals surface area contributed by atoms with Crippen molar-refractivity contribution < 1.29 is 14.5 Å². The first-order valence-corrected chi connectivity index (χ1v) is 8.05. The number of carbonyl (C=O) groups is 2. The van der Waals surface area contributed by atoms with Crippen molar-refractivity contribution in [1.29, 1.82) is 0 Å². The Morgan fingerprint density at radius 3 is 2.80 bits per heavy atom. The zero-order chi connectivity index (χ0) is 17.6. The molecule has 0 atom stereocenters. The van der Waals surface area contributed by atoms with Crippen molar-refractivity contribution in [3.05, 3.63) is 63.2 Å². The summed E-state index contributed by atoms with van der Waals surface area (Å²) in [6.45, 7) is 0.423. The van der Waals surface area contributed by atoms with E-state index in [4.69, 9.17) is 0 Å². The molecule has 0 bridgehead atoms. The van der Waals surface area contributed by atoms with E-state index in [1.165, 1.54) is 6.07 Å². The van der Waals surface area contributed by atoms with Crippen LogP contribution in [0.25, 0.3) is 0 Å². The monoisotopic (exact) mass is 337 g/mol. The highest BCUT2D eigenvalue weighted by Crippen LogP contribution is 2.36. The van der Waals surface area contributed by atoms with Crippen LogP contribution in [-0.4, -0.2) is 23.3 Å². The fourth-order valence-electron chi connectivity index (χ4n) is 3.47. The van der Waals surface area contributed by atoms with Crippen molar-refractivity contribution in [3.63, 3.8) is 0 Å². The van der Waals surface area contributed by atoms with Crippen LogP contribution in [0.5, 0.6) is 0 Å². The molecule has 0 fully saturated rings. The molecule has 2 amide bonds. The Morgan fingerprint density at radius 1 is 1.16 bits per heavy atom. The summed E-state index contributed by atoms with van der Waals surface area (Å²) in [7, 11) is 0. The van der Waals surface area contributed by atoms with Crippen molar-refractivity contribution in [2.24, 2.45) is 0 Å². The van der Waals surface area contributed by atoms with E-state index in [0.717, 1.165) is 11.3 Å². The van der Waals surface area contributed by atoms with Gasteiger partial charge in [-0.15, -0.1) is 0 Å². The van der Waals surface area contributed by atoms with Gasteiger partial charge in [-0.05, 0) is 42.7 Å². The molecule has 2 heterocycles. The fraction of sp³-hybridized carbons (Fsp3) is 0.222. The first-order chi connectivity index (χ1) is 12.0. The molecule has 2 aromatic carbocycles. The highest BCUT2D eigenvalue weighted by Gasteiger charge is 2.31. The molecule has 0 aromatic heterocycles. The number of hydrogen-bond acceptors (Lipinski definition) is 4. The van der Waals surface area contributed by atoms with Crippen molar-refractivity contribution in [3.8, 4) is 0 Å². The Balaban J connectivity index is 1.67. The third-order valence-electron chi connectivity index (χ3n) is 4.69. The minimum Gasteiger partial charge on any atom is -0.326 e. The molecule has 4 rings (SSSR count). The largest absolute Gasteiger partial charge is 0.326 e. The lowest BCUT2D eigenvalue weighted by Gasteiger charge is -2.20. The number of nitro groups is 1. The van der Waals surface area contributed by atoms with Crippen LogP contribution in [0, 0.1) is 10.1 Å². The zero-order valence-corrected chi connectivity index (χ0v) is 13.3. The van der Waals surface area contributed by atoms with E-state index < -0.39 is 4.92 Å². The van der Waals surface area contributed by atoms with Gasteiger partial charge in [-0.25, -0.2) is 0 Å². The minimum atomic E-state index is -0.408. The van der Waals surface area contributed by atoms with Gasteiger partial charge in [-0.1, -0.05) is 6.07 Å². The third kappa shape index (κ3) is 2.53. The number of hydrogen-bond donors (Lipinski definition) is 1. The average molecular weight is 337 g/mol. The van der Waals surface area contributed by atoms with E-state index in [0.29, 0.717) is 42.6 Å². The van der Waals surface area contributed by atoms with E-state index in [1.54, 1.807) is 35.2 Å². The number of rotatable bonds is 2. The molecule has 0 radical (unpaired) electrons. The Morgan fingerprint density at radius 2 is 2.00 bits per heavy atom. The standard InChI is InChI=1S/C18H15N3O4/c22-17-7-5-11-10-12(4-6-14(11)19-17)18(23)20-9-8-13-15(20)2-1-3-16(13)21(24)25/h1-4,6,10H,5,7-9H2,(H,19,22). The van der Waals surface area contributed by atoms with Crippen LogP contribution in [-0.2, 0) is 17.6 Å². The summed E-state index contributed by atoms with van der Waals surface area (Å²) in [6, 6.07) is 10.0. The Labute approximate surface area is 143 Å². The topological polar surface area (TPSA) is 92.5 Å². The maximum Gasteiger partial charge on any atom is 0.274 e. The van der Waals surface area contributed by atoms with Crippen LogP contribution in [0.2, 0.25) is 0 Å². The number of amides is 2. The van der Waals surface area contributed by atoms with Crippen LogP contribution in [0.15, 0.2) is 36.4 Å². The molecule has 0 unspecified atom stereocenters. The van der Waals surface area contributed by atoms with Gasteiger partial charge in [-0.3, -0.25) is 19.7 Å². The van der Waals surface area contributed by atoms with Crippen molar-refractivity contribution in [2.45, 2.75) is 19.3 Å². The van der Waals surface area contributed by atoms with Crippen LogP contribution in [0.3, 0.4) is 0 Å². The van der Waals surface area contributed by atoms with E-state index in [1.807, 2.05) is 0 Å². The molecule has 0 saturated heterocycles. The normalized spacial score (nSPS) is 15.4. The highest BCUT2D eigenvalue weighted by atomic mass is 16.6. The lowest BCUT2D eigenvalue weighted by atomic mass is 10.00. The van der Waals surface area contributed by atoms with Gasteiger partial charge in [0.15, 0.2) is 0 Å². The molecular weight excluding hydrogens is 322 g/mol. The van der Waals surface area contributed by atoms with Gasteiger partial charge in [0.1, 0.15) is 0 Å². The number of fused-ring (bicyclic) bond motifs is 2. The zero-order valence-electron chi connectivity index (χ0n) is 13.3. The maximum absolute atomic E-state index is 12.9. The molecule has 2 aromatic rings. The SMILES string of the molecule is O=C1CCc2cc(C(=O)N3CCc4c3cccc4[N+](=O)[O-])ccc2N1. The Hall–Kier alpha value is -3.22. The summed E-state index contributed by atoms with van der Waals surface area (Å²) in [5.74, 6) is -0.202. The summed E-state index contributed by atoms with van der Waals surface area (Å²) in [5, 5.41) is 14.0. The van der Waals surface area contributed by atoms with Crippen LogP contribution in [0.1, 0.15) is 27.9 Å². The van der Waals surface area contributed by atoms with E-state index in [-0.39, 0.29) is 17.5 Å². The summed E-state index contributed by atoms with van der Waals surface area (Å²) in [4.78, 5) is 36.7. The Bertz CT molecular complexity index is 923. The fourth-order valence-corrected chi connectivity index (χ4v) is 3.47. The third-order valence-corrected chi connectivity index (χ3v) is 4.69. The van der Waals surface area contributed by atoms with Crippen molar-refractivity contribution >= 4 is 28.9 Å². The molecule has 0 aliphatic carbocycles. The summed E-state index contributed by atoms with van der Waals surface area (Å²) in [6.07, 6.45) is 1.48. The average Bonchev–Trinajstić information content (AvgIpc) is 3.04. The number of nitro benzene ring substituents is 1. The molecule has 7 heteroatoms. The number of aryl methyl sites for hydroxylation is 1. The van der Waals surface area contributed by atoms with Gasteiger partial charge in [0.2, 0.25) is 5.91 Å². The molecule has 2 aliphatic heterocycles. The molecule has 1 N–H and O–H groups in total. The molecule has 7 nitrogen and oxygen atoms in total. The first-order valence-electron chi connectivity index (χ1n) is 8.05. The quantitative estimate of drug-likeness (QED) is 0.673. The number of benzene rings is 2. The van der Waals surface area contributed by atoms with E-state index in [2.05, 4.69) is 5.32 Å². The van der Waals surface area contributed by atoms with E-state index in [9.17, 15) is 19.7 Å². The van der Waals surface area contributed by atoms with Gasteiger partial charge in [0.25, 0.3) is 11.6 Å². The molecule has 126 valence electrons. The number of nitrogens with zero attached hydrogens (tertiary/aromatic N) is 2. The van der Waals surface area contributed by atoms with Crippen LogP contribution >= 0.6 is 0 Å². The first kappa shape index (κ1) is 15.3. The van der Waals surface area contributed by atoms with E-state index >= 15 is 0 Å². The lowest BCUT2D eigenvalue weighted by molar-refractivity contribution is -0.385. The molecule has 2 aliphatic rings. The summed E-state index contributed by atoms with van der Waals surface area (Å²) < 4.78 is 0. The van der Waals surface area contributed by atoms with Crippen molar-refractivity contribution in [2.75, 3.05) is 16.8 Å². The van der Waals surface area contributed by atoms with Gasteiger partial charge >= 0.3 is 0 Å². The maximum atomic E-state index is 12.9. The highest BCUT2D eigenvalue weighted by molar-refractivity contribution is 6.08. The van der Waals surface area contributed by atoms with Gasteiger partial charge < -0.3 is 10.2 Å². The second-order valence-electron chi connectivity index (χ2n) is 6.16. The summed E-state index contributed by atoms with van der Waals surface area (Å²) in [5.41, 5.74) is 3.46. The number of carbonyl (C=O) groups excluding carboxylic acids is 2. The molecular formula is C18H15N3O4. The minimum absolute atomic E-state index is 0.0210. The van der Waals surface area contributed by atoms with Crippen molar-refractivity contribution in [1.82, 2.24) is 0 Å². The number of anilines is 2. The predicted octanol–water partition coefficient (Wildman–Crippen LogP) is 2.68. The summed E-state index contributed by atoms with van der Waals surface area (Å²) >= 11 is 0. The smallest absolute Gasteiger partial charge is 0.274 e. The van der Waals surface area contributed by atoms with Gasteiger partial charge in [-0.2, -0.15) is 0 Å². The predicted molar refractivity (Wildman–Crippen MR) is 91.9 cm³/mol. The van der Waals surface area contributed by atoms with Gasteiger partial charge in [0.05, 0.1) is 16.2 Å². The lowest BCUT2D eigenvalue weighted by Crippen LogP contribution is -2.29. The Kier molecular flexibility index (Phi) is 3.49. The molecule has 25 heavy (non-hydrogen) atoms. The molecule has 0 spiro atoms. The van der Waals surface area contributed by atoms with Crippen LogP contribution < -0.4 is 10.2 Å². The van der Waals surface area contributed by atoms with Crippen LogP contribution in [0.4, 0.5) is 17.1 Å². The number of nitrogens with one attached hydrogen (secondary N) is 1.